The Hall–Kier alpha value is -1.84. The van der Waals surface area contributed by atoms with Crippen LogP contribution in [0.25, 0.3) is 0 Å². The number of carboxylic acids is 1. The summed E-state index contributed by atoms with van der Waals surface area (Å²) in [5.41, 5.74) is 1.12. The lowest BCUT2D eigenvalue weighted by atomic mass is 9.82. The summed E-state index contributed by atoms with van der Waals surface area (Å²) in [6.45, 7) is 0.274. The molecule has 1 fully saturated rings. The second-order valence-corrected chi connectivity index (χ2v) is 5.78. The summed E-state index contributed by atoms with van der Waals surface area (Å²) in [5, 5.41) is 8.97. The third-order valence-corrected chi connectivity index (χ3v) is 4.18. The van der Waals surface area contributed by atoms with Gasteiger partial charge in [0.15, 0.2) is 0 Å². The van der Waals surface area contributed by atoms with Crippen LogP contribution in [-0.4, -0.2) is 35.0 Å². The van der Waals surface area contributed by atoms with E-state index < -0.39 is 5.97 Å². The van der Waals surface area contributed by atoms with Crippen molar-refractivity contribution < 1.29 is 14.7 Å². The number of aliphatic carboxylic acids is 1. The van der Waals surface area contributed by atoms with E-state index in [-0.39, 0.29) is 12.5 Å². The van der Waals surface area contributed by atoms with E-state index in [9.17, 15) is 9.59 Å². The van der Waals surface area contributed by atoms with E-state index in [4.69, 9.17) is 5.11 Å². The van der Waals surface area contributed by atoms with Gasteiger partial charge in [0.1, 0.15) is 6.54 Å². The Morgan fingerprint density at radius 1 is 1.19 bits per heavy atom. The van der Waals surface area contributed by atoms with E-state index in [2.05, 4.69) is 0 Å². The van der Waals surface area contributed by atoms with Crippen molar-refractivity contribution in [2.75, 3.05) is 13.1 Å². The Bertz CT molecular complexity index is 468. The molecule has 0 unspecified atom stereocenters. The molecule has 0 saturated heterocycles. The molecule has 1 amide bonds. The molecule has 1 aromatic carbocycles. The number of hydrogen-bond donors (Lipinski definition) is 1. The predicted octanol–water partition coefficient (Wildman–Crippen LogP) is 2.72. The summed E-state index contributed by atoms with van der Waals surface area (Å²) >= 11 is 0. The van der Waals surface area contributed by atoms with Gasteiger partial charge in [-0.3, -0.25) is 9.59 Å². The molecule has 1 saturated carbocycles. The summed E-state index contributed by atoms with van der Waals surface area (Å²) in [7, 11) is 0. The highest BCUT2D eigenvalue weighted by molar-refractivity contribution is 5.81. The Labute approximate surface area is 125 Å². The Morgan fingerprint density at radius 2 is 1.90 bits per heavy atom. The molecule has 4 nitrogen and oxygen atoms in total. The normalized spacial score (nSPS) is 14.5. The van der Waals surface area contributed by atoms with E-state index in [1.807, 2.05) is 30.3 Å². The first-order chi connectivity index (χ1) is 10.1. The molecule has 0 aromatic heterocycles. The molecule has 1 N–H and O–H groups in total. The van der Waals surface area contributed by atoms with Crippen LogP contribution < -0.4 is 0 Å². The smallest absolute Gasteiger partial charge is 0.323 e. The highest BCUT2D eigenvalue weighted by Crippen LogP contribution is 2.30. The standard InChI is InChI=1S/C17H23NO3/c19-16(10-9-14-7-4-8-14)18(13-17(20)21)12-11-15-5-2-1-3-6-15/h1-3,5-6,14H,4,7-13H2,(H,20,21). The minimum atomic E-state index is -0.944. The van der Waals surface area contributed by atoms with Crippen molar-refractivity contribution in [2.24, 2.45) is 5.92 Å². The summed E-state index contributed by atoms with van der Waals surface area (Å²) < 4.78 is 0. The zero-order valence-corrected chi connectivity index (χ0v) is 12.3. The van der Waals surface area contributed by atoms with Gasteiger partial charge in [0.2, 0.25) is 5.91 Å². The molecule has 0 atom stereocenters. The van der Waals surface area contributed by atoms with Gasteiger partial charge >= 0.3 is 5.97 Å². The highest BCUT2D eigenvalue weighted by Gasteiger charge is 2.21. The summed E-state index contributed by atoms with van der Waals surface area (Å²) in [5.74, 6) is -0.296. The van der Waals surface area contributed by atoms with Crippen LogP contribution in [0.1, 0.15) is 37.7 Å². The minimum Gasteiger partial charge on any atom is -0.480 e. The van der Waals surface area contributed by atoms with Crippen LogP contribution in [0.15, 0.2) is 30.3 Å². The van der Waals surface area contributed by atoms with Crippen molar-refractivity contribution in [3.63, 3.8) is 0 Å². The number of rotatable bonds is 8. The lowest BCUT2D eigenvalue weighted by Gasteiger charge is -2.26. The van der Waals surface area contributed by atoms with Gasteiger partial charge in [-0.1, -0.05) is 49.6 Å². The molecule has 1 aliphatic carbocycles. The number of nitrogens with zero attached hydrogens (tertiary/aromatic N) is 1. The van der Waals surface area contributed by atoms with Crippen molar-refractivity contribution in [3.05, 3.63) is 35.9 Å². The van der Waals surface area contributed by atoms with Gasteiger partial charge in [0, 0.05) is 13.0 Å². The fourth-order valence-corrected chi connectivity index (χ4v) is 2.63. The number of amides is 1. The van der Waals surface area contributed by atoms with Crippen LogP contribution in [0.2, 0.25) is 0 Å². The van der Waals surface area contributed by atoms with Crippen LogP contribution in [0, 0.1) is 5.92 Å². The molecule has 0 heterocycles. The molecule has 0 bridgehead atoms. The molecular weight excluding hydrogens is 266 g/mol. The van der Waals surface area contributed by atoms with Crippen molar-refractivity contribution in [3.8, 4) is 0 Å². The van der Waals surface area contributed by atoms with Gasteiger partial charge in [-0.15, -0.1) is 0 Å². The number of carboxylic acid groups (broad SMARTS) is 1. The summed E-state index contributed by atoms with van der Waals surface area (Å²) in [6.07, 6.45) is 5.79. The van der Waals surface area contributed by atoms with Gasteiger partial charge in [0.05, 0.1) is 0 Å². The molecule has 0 spiro atoms. The van der Waals surface area contributed by atoms with Crippen molar-refractivity contribution in [1.82, 2.24) is 4.90 Å². The third-order valence-electron chi connectivity index (χ3n) is 4.18. The van der Waals surface area contributed by atoms with Crippen LogP contribution in [0.5, 0.6) is 0 Å². The number of carbonyl (C=O) groups excluding carboxylic acids is 1. The van der Waals surface area contributed by atoms with Gasteiger partial charge in [0.25, 0.3) is 0 Å². The maximum Gasteiger partial charge on any atom is 0.323 e. The first-order valence-corrected chi connectivity index (χ1v) is 7.68. The maximum atomic E-state index is 12.2. The maximum absolute atomic E-state index is 12.2. The Morgan fingerprint density at radius 3 is 2.48 bits per heavy atom. The lowest BCUT2D eigenvalue weighted by Crippen LogP contribution is -2.37. The predicted molar refractivity (Wildman–Crippen MR) is 80.9 cm³/mol. The average molecular weight is 289 g/mol. The van der Waals surface area contributed by atoms with Gasteiger partial charge in [-0.25, -0.2) is 0 Å². The molecule has 1 aliphatic rings. The number of benzene rings is 1. The molecule has 4 heteroatoms. The van der Waals surface area contributed by atoms with Crippen molar-refractivity contribution in [2.45, 2.75) is 38.5 Å². The van der Waals surface area contributed by atoms with Crippen LogP contribution in [0.3, 0.4) is 0 Å². The topological polar surface area (TPSA) is 57.6 Å². The Kier molecular flexibility index (Phi) is 5.78. The molecule has 114 valence electrons. The minimum absolute atomic E-state index is 0.0276. The fourth-order valence-electron chi connectivity index (χ4n) is 2.63. The second-order valence-electron chi connectivity index (χ2n) is 5.78. The monoisotopic (exact) mass is 289 g/mol. The van der Waals surface area contributed by atoms with E-state index in [1.54, 1.807) is 0 Å². The molecule has 2 rings (SSSR count). The Balaban J connectivity index is 1.83. The molecule has 21 heavy (non-hydrogen) atoms. The van der Waals surface area contributed by atoms with E-state index >= 15 is 0 Å². The van der Waals surface area contributed by atoms with Crippen molar-refractivity contribution >= 4 is 11.9 Å². The molecule has 1 aromatic rings. The van der Waals surface area contributed by atoms with E-state index in [0.717, 1.165) is 12.0 Å². The molecular formula is C17H23NO3. The van der Waals surface area contributed by atoms with E-state index in [1.165, 1.54) is 24.2 Å². The van der Waals surface area contributed by atoms with E-state index in [0.29, 0.717) is 25.3 Å². The van der Waals surface area contributed by atoms with Crippen molar-refractivity contribution in [1.29, 1.82) is 0 Å². The molecule has 0 radical (unpaired) electrons. The SMILES string of the molecule is O=C(O)CN(CCc1ccccc1)C(=O)CCC1CCC1. The summed E-state index contributed by atoms with van der Waals surface area (Å²) in [6, 6.07) is 9.85. The van der Waals surface area contributed by atoms with Gasteiger partial charge < -0.3 is 10.0 Å². The van der Waals surface area contributed by atoms with Gasteiger partial charge in [-0.05, 0) is 24.3 Å². The summed E-state index contributed by atoms with van der Waals surface area (Å²) in [4.78, 5) is 24.6. The van der Waals surface area contributed by atoms with Crippen LogP contribution in [-0.2, 0) is 16.0 Å². The van der Waals surface area contributed by atoms with Crippen LogP contribution >= 0.6 is 0 Å². The zero-order chi connectivity index (χ0) is 15.1. The lowest BCUT2D eigenvalue weighted by molar-refractivity contribution is -0.144. The zero-order valence-electron chi connectivity index (χ0n) is 12.3. The highest BCUT2D eigenvalue weighted by atomic mass is 16.4. The quantitative estimate of drug-likeness (QED) is 0.800. The largest absolute Gasteiger partial charge is 0.480 e. The first-order valence-electron chi connectivity index (χ1n) is 7.68. The third kappa shape index (κ3) is 5.21. The second kappa shape index (κ2) is 7.81. The number of carbonyl (C=O) groups is 2. The van der Waals surface area contributed by atoms with Gasteiger partial charge in [-0.2, -0.15) is 0 Å². The fraction of sp³-hybridized carbons (Fsp3) is 0.529. The first kappa shape index (κ1) is 15.5. The number of hydrogen-bond acceptors (Lipinski definition) is 2. The van der Waals surface area contributed by atoms with Crippen LogP contribution in [0.4, 0.5) is 0 Å². The average Bonchev–Trinajstić information content (AvgIpc) is 2.42. The molecule has 0 aliphatic heterocycles.